The van der Waals surface area contributed by atoms with Gasteiger partial charge in [0.2, 0.25) is 5.78 Å². The van der Waals surface area contributed by atoms with Crippen LogP contribution in [0.3, 0.4) is 0 Å². The second kappa shape index (κ2) is 3.37. The monoisotopic (exact) mass is 226 g/mol. The summed E-state index contributed by atoms with van der Waals surface area (Å²) in [5.74, 6) is -2.77. The number of carbonyl (C=O) groups is 2. The minimum absolute atomic E-state index is 0.0364. The zero-order valence-electron chi connectivity index (χ0n) is 8.42. The predicted molar refractivity (Wildman–Crippen MR) is 50.3 cm³/mol. The first kappa shape index (κ1) is 10.7. The molecule has 5 heteroatoms. The molecule has 16 heavy (non-hydrogen) atoms. The summed E-state index contributed by atoms with van der Waals surface area (Å²) < 4.78 is 31.2. The van der Waals surface area contributed by atoms with E-state index >= 15 is 0 Å². The number of alkyl halides is 1. The lowest BCUT2D eigenvalue weighted by Crippen LogP contribution is -2.40. The van der Waals surface area contributed by atoms with Crippen LogP contribution in [-0.4, -0.2) is 24.5 Å². The van der Waals surface area contributed by atoms with E-state index in [-0.39, 0.29) is 11.1 Å². The van der Waals surface area contributed by atoms with E-state index in [2.05, 4.69) is 4.74 Å². The van der Waals surface area contributed by atoms with E-state index in [1.54, 1.807) is 0 Å². The van der Waals surface area contributed by atoms with Crippen LogP contribution in [0.15, 0.2) is 18.2 Å². The van der Waals surface area contributed by atoms with E-state index in [9.17, 15) is 18.4 Å². The second-order valence-corrected chi connectivity index (χ2v) is 3.60. The van der Waals surface area contributed by atoms with Gasteiger partial charge in [-0.25, -0.2) is 13.6 Å². The molecular formula is C11H8F2O3. The molecule has 0 saturated heterocycles. The van der Waals surface area contributed by atoms with Gasteiger partial charge in [-0.05, 0) is 23.8 Å². The first-order valence-corrected chi connectivity index (χ1v) is 4.59. The fourth-order valence-electron chi connectivity index (χ4n) is 1.81. The van der Waals surface area contributed by atoms with Crippen molar-refractivity contribution in [2.45, 2.75) is 12.1 Å². The van der Waals surface area contributed by atoms with Crippen molar-refractivity contribution in [3.63, 3.8) is 0 Å². The summed E-state index contributed by atoms with van der Waals surface area (Å²) in [6.07, 6.45) is -0.467. The van der Waals surface area contributed by atoms with Gasteiger partial charge in [0.25, 0.3) is 5.67 Å². The molecule has 1 aromatic rings. The number of esters is 1. The third-order valence-corrected chi connectivity index (χ3v) is 2.61. The zero-order chi connectivity index (χ0) is 11.9. The third-order valence-electron chi connectivity index (χ3n) is 2.61. The van der Waals surface area contributed by atoms with Gasteiger partial charge < -0.3 is 4.74 Å². The Labute approximate surface area is 90.0 Å². The van der Waals surface area contributed by atoms with Crippen molar-refractivity contribution < 1.29 is 23.1 Å². The first-order valence-electron chi connectivity index (χ1n) is 4.59. The molecule has 0 aromatic heterocycles. The van der Waals surface area contributed by atoms with Crippen molar-refractivity contribution >= 4 is 11.8 Å². The van der Waals surface area contributed by atoms with Crippen molar-refractivity contribution in [3.05, 3.63) is 35.1 Å². The normalized spacial score (nSPS) is 23.1. The number of benzene rings is 1. The highest BCUT2D eigenvalue weighted by atomic mass is 19.1. The van der Waals surface area contributed by atoms with E-state index in [1.807, 2.05) is 0 Å². The third kappa shape index (κ3) is 1.31. The molecule has 0 amide bonds. The molecule has 0 radical (unpaired) electrons. The molecular weight excluding hydrogens is 218 g/mol. The molecule has 0 aliphatic heterocycles. The molecule has 0 fully saturated rings. The van der Waals surface area contributed by atoms with E-state index < -0.39 is 29.7 Å². The maximum atomic E-state index is 14.1. The molecule has 1 atom stereocenters. The van der Waals surface area contributed by atoms with Crippen LogP contribution < -0.4 is 0 Å². The van der Waals surface area contributed by atoms with Gasteiger partial charge in [0, 0.05) is 12.0 Å². The molecule has 0 bridgehead atoms. The molecule has 84 valence electrons. The van der Waals surface area contributed by atoms with Gasteiger partial charge in [-0.2, -0.15) is 0 Å². The highest BCUT2D eigenvalue weighted by Crippen LogP contribution is 2.34. The SMILES string of the molecule is COC(=O)[C@@]1(F)Cc2cc(F)ccc2C1=O. The van der Waals surface area contributed by atoms with Crippen molar-refractivity contribution in [1.29, 1.82) is 0 Å². The Balaban J connectivity index is 2.48. The number of ether oxygens (including phenoxy) is 1. The molecule has 0 N–H and O–H groups in total. The Hall–Kier alpha value is -1.78. The van der Waals surface area contributed by atoms with Gasteiger partial charge in [0.05, 0.1) is 7.11 Å². The summed E-state index contributed by atoms with van der Waals surface area (Å²) in [6, 6.07) is 3.29. The number of methoxy groups -OCH3 is 1. The summed E-state index contributed by atoms with van der Waals surface area (Å²) in [5, 5.41) is 0. The first-order chi connectivity index (χ1) is 7.49. The Bertz CT molecular complexity index is 484. The number of carbonyl (C=O) groups excluding carboxylic acids is 2. The van der Waals surface area contributed by atoms with Crippen LogP contribution >= 0.6 is 0 Å². The zero-order valence-corrected chi connectivity index (χ0v) is 8.42. The summed E-state index contributed by atoms with van der Waals surface area (Å²) in [5.41, 5.74) is -2.47. The molecule has 0 saturated carbocycles. The van der Waals surface area contributed by atoms with Crippen LogP contribution in [0.1, 0.15) is 15.9 Å². The van der Waals surface area contributed by atoms with Crippen molar-refractivity contribution in [1.82, 2.24) is 0 Å². The van der Waals surface area contributed by atoms with Gasteiger partial charge in [-0.3, -0.25) is 4.79 Å². The van der Waals surface area contributed by atoms with Crippen LogP contribution in [0.2, 0.25) is 0 Å². The lowest BCUT2D eigenvalue weighted by molar-refractivity contribution is -0.150. The fraction of sp³-hybridized carbons (Fsp3) is 0.273. The van der Waals surface area contributed by atoms with Crippen LogP contribution in [0.25, 0.3) is 0 Å². The number of hydrogen-bond donors (Lipinski definition) is 0. The van der Waals surface area contributed by atoms with Crippen LogP contribution in [0.5, 0.6) is 0 Å². The number of fused-ring (bicyclic) bond motifs is 1. The highest BCUT2D eigenvalue weighted by Gasteiger charge is 2.53. The summed E-state index contributed by atoms with van der Waals surface area (Å²) in [7, 11) is 1.00. The Kier molecular flexibility index (Phi) is 2.26. The number of halogens is 2. The molecule has 0 heterocycles. The van der Waals surface area contributed by atoms with Crippen molar-refractivity contribution in [3.8, 4) is 0 Å². The summed E-state index contributed by atoms with van der Waals surface area (Å²) in [4.78, 5) is 22.8. The van der Waals surface area contributed by atoms with E-state index in [0.29, 0.717) is 0 Å². The Morgan fingerprint density at radius 2 is 2.19 bits per heavy atom. The lowest BCUT2D eigenvalue weighted by atomic mass is 10.0. The van der Waals surface area contributed by atoms with Crippen LogP contribution in [-0.2, 0) is 16.0 Å². The molecule has 0 spiro atoms. The standard InChI is InChI=1S/C11H8F2O3/c1-16-10(15)11(13)5-6-4-7(12)2-3-8(6)9(11)14/h2-4H,5H2,1H3/t11-/m1/s1. The molecule has 1 aliphatic carbocycles. The number of hydrogen-bond acceptors (Lipinski definition) is 3. The number of ketones is 1. The minimum atomic E-state index is -2.70. The average molecular weight is 226 g/mol. The maximum Gasteiger partial charge on any atom is 0.352 e. The number of Topliss-reactive ketones (excluding diaryl/α,β-unsaturated/α-hetero) is 1. The molecule has 1 aliphatic rings. The molecule has 0 unspecified atom stereocenters. The maximum absolute atomic E-state index is 14.1. The van der Waals surface area contributed by atoms with E-state index in [4.69, 9.17) is 0 Å². The smallest absolute Gasteiger partial charge is 0.352 e. The van der Waals surface area contributed by atoms with Crippen molar-refractivity contribution in [2.75, 3.05) is 7.11 Å². The van der Waals surface area contributed by atoms with E-state index in [0.717, 1.165) is 19.2 Å². The fourth-order valence-corrected chi connectivity index (χ4v) is 1.81. The lowest BCUT2D eigenvalue weighted by Gasteiger charge is -2.13. The van der Waals surface area contributed by atoms with Gasteiger partial charge in [0.15, 0.2) is 0 Å². The quantitative estimate of drug-likeness (QED) is 0.537. The second-order valence-electron chi connectivity index (χ2n) is 3.60. The van der Waals surface area contributed by atoms with Crippen LogP contribution in [0.4, 0.5) is 8.78 Å². The molecule has 3 nitrogen and oxygen atoms in total. The minimum Gasteiger partial charge on any atom is -0.466 e. The topological polar surface area (TPSA) is 43.4 Å². The van der Waals surface area contributed by atoms with Gasteiger partial charge in [-0.15, -0.1) is 0 Å². The molecule has 1 aromatic carbocycles. The highest BCUT2D eigenvalue weighted by molar-refractivity contribution is 6.18. The van der Waals surface area contributed by atoms with E-state index in [1.165, 1.54) is 6.07 Å². The Morgan fingerprint density at radius 1 is 1.50 bits per heavy atom. The van der Waals surface area contributed by atoms with Crippen LogP contribution in [0, 0.1) is 5.82 Å². The summed E-state index contributed by atoms with van der Waals surface area (Å²) in [6.45, 7) is 0. The van der Waals surface area contributed by atoms with Crippen molar-refractivity contribution in [2.24, 2.45) is 0 Å². The predicted octanol–water partition coefficient (Wildman–Crippen LogP) is 1.45. The Morgan fingerprint density at radius 3 is 2.81 bits per heavy atom. The van der Waals surface area contributed by atoms with Gasteiger partial charge in [-0.1, -0.05) is 0 Å². The summed E-state index contributed by atoms with van der Waals surface area (Å²) >= 11 is 0. The van der Waals surface area contributed by atoms with Gasteiger partial charge >= 0.3 is 5.97 Å². The number of rotatable bonds is 1. The van der Waals surface area contributed by atoms with Gasteiger partial charge in [0.1, 0.15) is 5.82 Å². The average Bonchev–Trinajstić information content (AvgIpc) is 2.51. The molecule has 2 rings (SSSR count). The largest absolute Gasteiger partial charge is 0.466 e.